The zero-order valence-corrected chi connectivity index (χ0v) is 15.5. The summed E-state index contributed by atoms with van der Waals surface area (Å²) in [5, 5.41) is 15.5. The first kappa shape index (κ1) is 19.8. The zero-order valence-electron chi connectivity index (χ0n) is 14.7. The van der Waals surface area contributed by atoms with Crippen LogP contribution in [0.3, 0.4) is 0 Å². The monoisotopic (exact) mass is 405 g/mol. The van der Waals surface area contributed by atoms with Crippen LogP contribution in [0.4, 0.5) is 19.3 Å². The Labute approximate surface area is 162 Å². The lowest BCUT2D eigenvalue weighted by molar-refractivity contribution is 0.00505. The number of aromatic nitrogens is 2. The third-order valence-electron chi connectivity index (χ3n) is 4.55. The van der Waals surface area contributed by atoms with Crippen molar-refractivity contribution in [3.63, 3.8) is 0 Å². The van der Waals surface area contributed by atoms with Crippen LogP contribution < -0.4 is 5.32 Å². The molecule has 146 valence electrons. The second-order valence-corrected chi connectivity index (χ2v) is 7.78. The lowest BCUT2D eigenvalue weighted by Crippen LogP contribution is -2.46. The van der Waals surface area contributed by atoms with Crippen LogP contribution in [0.5, 0.6) is 0 Å². The predicted molar refractivity (Wildman–Crippen MR) is 97.9 cm³/mol. The largest absolute Gasteiger partial charge is 0.328 e. The number of carbonyl (C=O) groups is 1. The Morgan fingerprint density at radius 3 is 2.61 bits per heavy atom. The van der Waals surface area contributed by atoms with Gasteiger partial charge in [0.2, 0.25) is 0 Å². The number of piperidine rings is 1. The zero-order chi connectivity index (χ0) is 20.1. The van der Waals surface area contributed by atoms with E-state index in [1.165, 1.54) is 41.6 Å². The van der Waals surface area contributed by atoms with E-state index < -0.39 is 28.0 Å². The maximum Gasteiger partial charge on any atom is 0.328 e. The lowest BCUT2D eigenvalue weighted by Gasteiger charge is -2.35. The molecule has 1 aliphatic rings. The van der Waals surface area contributed by atoms with Crippen LogP contribution in [-0.2, 0) is 10.8 Å². The molecule has 0 saturated carbocycles. The number of amides is 2. The van der Waals surface area contributed by atoms with Crippen molar-refractivity contribution in [2.24, 2.45) is 5.92 Å². The summed E-state index contributed by atoms with van der Waals surface area (Å²) >= 11 is 0. The predicted octanol–water partition coefficient (Wildman–Crippen LogP) is 2.99. The van der Waals surface area contributed by atoms with Gasteiger partial charge in [-0.05, 0) is 31.0 Å². The summed E-state index contributed by atoms with van der Waals surface area (Å²) in [4.78, 5) is 13.5. The van der Waals surface area contributed by atoms with Crippen molar-refractivity contribution in [3.05, 3.63) is 48.3 Å². The molecule has 1 N–H and O–H groups in total. The topological polar surface area (TPSA) is 99.0 Å². The molecule has 0 spiro atoms. The number of nitrogens with zero attached hydrogens (tertiary/aromatic N) is 4. The van der Waals surface area contributed by atoms with Crippen LogP contribution in [0.1, 0.15) is 18.4 Å². The molecule has 0 bridgehead atoms. The number of nitrogens with one attached hydrogen (secondary N) is 1. The maximum atomic E-state index is 14.8. The van der Waals surface area contributed by atoms with Gasteiger partial charge in [0.1, 0.15) is 16.9 Å². The summed E-state index contributed by atoms with van der Waals surface area (Å²) in [6, 6.07) is 8.62. The van der Waals surface area contributed by atoms with Gasteiger partial charge in [-0.1, -0.05) is 12.1 Å². The number of nitriles is 1. The van der Waals surface area contributed by atoms with Crippen LogP contribution in [-0.4, -0.2) is 43.7 Å². The van der Waals surface area contributed by atoms with Gasteiger partial charge >= 0.3 is 11.3 Å². The van der Waals surface area contributed by atoms with E-state index in [1.54, 1.807) is 12.1 Å². The fourth-order valence-electron chi connectivity index (χ4n) is 3.00. The van der Waals surface area contributed by atoms with Gasteiger partial charge in [0.15, 0.2) is 0 Å². The minimum absolute atomic E-state index is 0.00940. The number of halogens is 2. The van der Waals surface area contributed by atoms with E-state index in [1.807, 2.05) is 0 Å². The van der Waals surface area contributed by atoms with Gasteiger partial charge in [0.05, 0.1) is 28.5 Å². The van der Waals surface area contributed by atoms with Crippen LogP contribution >= 0.6 is 0 Å². The molecule has 28 heavy (non-hydrogen) atoms. The quantitative estimate of drug-likeness (QED) is 0.843. The first-order valence-corrected chi connectivity index (χ1v) is 9.70. The van der Waals surface area contributed by atoms with Crippen molar-refractivity contribution >= 4 is 22.5 Å². The van der Waals surface area contributed by atoms with Gasteiger partial charge in [0, 0.05) is 19.0 Å². The third kappa shape index (κ3) is 4.14. The Balaban J connectivity index is 1.64. The Bertz CT molecular complexity index is 912. The fraction of sp³-hybridized carbons (Fsp3) is 0.333. The highest BCUT2D eigenvalue weighted by Gasteiger charge is 2.48. The molecule has 2 amide bonds. The molecule has 1 unspecified atom stereocenters. The van der Waals surface area contributed by atoms with E-state index in [4.69, 9.17) is 5.26 Å². The first-order chi connectivity index (χ1) is 13.4. The first-order valence-electron chi connectivity index (χ1n) is 8.55. The number of hydrogen-bond donors (Lipinski definition) is 1. The number of alkyl halides is 2. The molecule has 10 heteroatoms. The standard InChI is InChI=1S/C18H17F2N5O2S/c19-18(20,28(27)16-4-2-1-3-13(16)11-21)14-6-9-25(10-7-14)17(26)24-15-5-8-22-23-12-15/h1-5,8,12,14H,6-7,9-10H2,(H,22,24,26). The smallest absolute Gasteiger partial charge is 0.325 e. The van der Waals surface area contributed by atoms with Gasteiger partial charge in [0.25, 0.3) is 0 Å². The molecular weight excluding hydrogens is 388 g/mol. The van der Waals surface area contributed by atoms with Gasteiger partial charge in [-0.2, -0.15) is 24.2 Å². The Kier molecular flexibility index (Phi) is 5.94. The molecular formula is C18H17F2N5O2S. The summed E-state index contributed by atoms with van der Waals surface area (Å²) in [7, 11) is -2.65. The van der Waals surface area contributed by atoms with E-state index >= 15 is 0 Å². The number of benzene rings is 1. The number of carbonyl (C=O) groups excluding carboxylic acids is 1. The molecule has 1 saturated heterocycles. The van der Waals surface area contributed by atoms with Crippen molar-refractivity contribution < 1.29 is 17.8 Å². The number of urea groups is 1. The fourth-order valence-corrected chi connectivity index (χ4v) is 4.35. The van der Waals surface area contributed by atoms with Gasteiger partial charge < -0.3 is 10.2 Å². The molecule has 2 aromatic rings. The van der Waals surface area contributed by atoms with Crippen molar-refractivity contribution in [1.82, 2.24) is 15.1 Å². The second-order valence-electron chi connectivity index (χ2n) is 6.26. The molecule has 1 aromatic heterocycles. The normalized spacial score (nSPS) is 16.2. The van der Waals surface area contributed by atoms with E-state index in [9.17, 15) is 17.8 Å². The van der Waals surface area contributed by atoms with Crippen LogP contribution in [0.2, 0.25) is 0 Å². The van der Waals surface area contributed by atoms with E-state index in [2.05, 4.69) is 15.5 Å². The van der Waals surface area contributed by atoms with E-state index in [-0.39, 0.29) is 36.4 Å². The summed E-state index contributed by atoms with van der Waals surface area (Å²) in [6.07, 6.45) is 2.83. The molecule has 0 aliphatic carbocycles. The number of anilines is 1. The lowest BCUT2D eigenvalue weighted by atomic mass is 9.97. The summed E-state index contributed by atoms with van der Waals surface area (Å²) < 4.78 is 42.2. The van der Waals surface area contributed by atoms with E-state index in [0.717, 1.165) is 0 Å². The minimum Gasteiger partial charge on any atom is -0.325 e. The molecule has 1 aromatic carbocycles. The molecule has 1 fully saturated rings. The maximum absolute atomic E-state index is 14.8. The summed E-state index contributed by atoms with van der Waals surface area (Å²) in [6.45, 7) is 0.226. The van der Waals surface area contributed by atoms with Gasteiger partial charge in [-0.3, -0.25) is 0 Å². The summed E-state index contributed by atoms with van der Waals surface area (Å²) in [5.74, 6) is -1.15. The molecule has 1 atom stereocenters. The number of likely N-dealkylation sites (tertiary alicyclic amines) is 1. The van der Waals surface area contributed by atoms with Crippen molar-refractivity contribution in [1.29, 1.82) is 5.26 Å². The third-order valence-corrected chi connectivity index (χ3v) is 6.13. The highest BCUT2D eigenvalue weighted by atomic mass is 32.2. The van der Waals surface area contributed by atoms with Gasteiger partial charge in [-0.25, -0.2) is 9.00 Å². The van der Waals surface area contributed by atoms with Crippen LogP contribution in [0.25, 0.3) is 0 Å². The van der Waals surface area contributed by atoms with Gasteiger partial charge in [-0.15, -0.1) is 0 Å². The molecule has 2 heterocycles. The van der Waals surface area contributed by atoms with Crippen molar-refractivity contribution in [2.75, 3.05) is 18.4 Å². The number of rotatable bonds is 4. The van der Waals surface area contributed by atoms with Crippen LogP contribution in [0, 0.1) is 17.2 Å². The molecule has 3 rings (SSSR count). The van der Waals surface area contributed by atoms with Crippen molar-refractivity contribution in [2.45, 2.75) is 23.0 Å². The molecule has 0 radical (unpaired) electrons. The Morgan fingerprint density at radius 1 is 1.25 bits per heavy atom. The highest BCUT2D eigenvalue weighted by Crippen LogP contribution is 2.39. The van der Waals surface area contributed by atoms with E-state index in [0.29, 0.717) is 5.69 Å². The van der Waals surface area contributed by atoms with Crippen molar-refractivity contribution in [3.8, 4) is 6.07 Å². The SMILES string of the molecule is N#Cc1ccccc1S(=O)C(F)(F)C1CCN(C(=O)Nc2ccnnc2)CC1. The second kappa shape index (κ2) is 8.39. The molecule has 7 nitrogen and oxygen atoms in total. The Morgan fingerprint density at radius 2 is 1.96 bits per heavy atom. The average molecular weight is 405 g/mol. The highest BCUT2D eigenvalue weighted by molar-refractivity contribution is 7.86. The van der Waals surface area contributed by atoms with Crippen LogP contribution in [0.15, 0.2) is 47.6 Å². The average Bonchev–Trinajstić information content (AvgIpc) is 2.74. The minimum atomic E-state index is -3.50. The molecule has 1 aliphatic heterocycles. The number of hydrogen-bond acceptors (Lipinski definition) is 5. The summed E-state index contributed by atoms with van der Waals surface area (Å²) in [5.41, 5.74) is 0.435. The Hall–Kier alpha value is -2.93.